The fraction of sp³-hybridized carbons (Fsp3) is 0.300. The van der Waals surface area contributed by atoms with Crippen LogP contribution in [0, 0.1) is 5.82 Å². The molecule has 0 saturated heterocycles. The first-order valence-corrected chi connectivity index (χ1v) is 4.81. The number of aliphatic carboxylic acids is 1. The van der Waals surface area contributed by atoms with Gasteiger partial charge in [-0.1, -0.05) is 17.7 Å². The average Bonchev–Trinajstić information content (AvgIpc) is 2.19. The second-order valence-electron chi connectivity index (χ2n) is 3.23. The molecule has 0 fully saturated rings. The third-order valence-electron chi connectivity index (χ3n) is 2.05. The molecular weight excluding hydrogens is 221 g/mol. The third kappa shape index (κ3) is 3.49. The van der Waals surface area contributed by atoms with E-state index in [1.165, 1.54) is 12.1 Å². The second kappa shape index (κ2) is 5.09. The van der Waals surface area contributed by atoms with Gasteiger partial charge in [0.05, 0.1) is 5.02 Å². The lowest BCUT2D eigenvalue weighted by Crippen LogP contribution is -2.30. The SMILES string of the molecule is N[C@@H](CCc1ccc(F)c(Cl)c1)C(=O)O. The molecule has 0 aliphatic heterocycles. The van der Waals surface area contributed by atoms with Crippen LogP contribution in [0.25, 0.3) is 0 Å². The normalized spacial score (nSPS) is 12.5. The number of halogens is 2. The summed E-state index contributed by atoms with van der Waals surface area (Å²) < 4.78 is 12.8. The van der Waals surface area contributed by atoms with Crippen molar-refractivity contribution in [1.82, 2.24) is 0 Å². The smallest absolute Gasteiger partial charge is 0.320 e. The number of carbonyl (C=O) groups is 1. The Labute approximate surface area is 91.7 Å². The summed E-state index contributed by atoms with van der Waals surface area (Å²) in [5.74, 6) is -1.52. The molecule has 0 aliphatic carbocycles. The van der Waals surface area contributed by atoms with E-state index in [0.29, 0.717) is 12.8 Å². The second-order valence-corrected chi connectivity index (χ2v) is 3.64. The van der Waals surface area contributed by atoms with E-state index in [1.807, 2.05) is 0 Å². The summed E-state index contributed by atoms with van der Waals surface area (Å²) in [6, 6.07) is 3.40. The molecule has 15 heavy (non-hydrogen) atoms. The van der Waals surface area contributed by atoms with Crippen LogP contribution >= 0.6 is 11.6 Å². The molecule has 0 saturated carbocycles. The highest BCUT2D eigenvalue weighted by atomic mass is 35.5. The summed E-state index contributed by atoms with van der Waals surface area (Å²) in [5, 5.41) is 8.59. The predicted molar refractivity (Wildman–Crippen MR) is 55.3 cm³/mol. The Bertz CT molecular complexity index is 370. The molecule has 0 bridgehead atoms. The molecule has 0 heterocycles. The molecule has 3 nitrogen and oxygen atoms in total. The van der Waals surface area contributed by atoms with E-state index in [9.17, 15) is 9.18 Å². The van der Waals surface area contributed by atoms with Crippen LogP contribution in [-0.2, 0) is 11.2 Å². The first kappa shape index (κ1) is 11.9. The minimum absolute atomic E-state index is 0.0383. The van der Waals surface area contributed by atoms with Gasteiger partial charge in [0.25, 0.3) is 0 Å². The molecule has 82 valence electrons. The monoisotopic (exact) mass is 231 g/mol. The maximum absolute atomic E-state index is 12.8. The lowest BCUT2D eigenvalue weighted by Gasteiger charge is -2.06. The van der Waals surface area contributed by atoms with Gasteiger partial charge < -0.3 is 10.8 Å². The molecule has 0 amide bonds. The topological polar surface area (TPSA) is 63.3 Å². The van der Waals surface area contributed by atoms with Gasteiger partial charge in [0.2, 0.25) is 0 Å². The van der Waals surface area contributed by atoms with Gasteiger partial charge in [-0.15, -0.1) is 0 Å². The van der Waals surface area contributed by atoms with E-state index >= 15 is 0 Å². The Morgan fingerprint density at radius 1 is 1.60 bits per heavy atom. The lowest BCUT2D eigenvalue weighted by atomic mass is 10.1. The average molecular weight is 232 g/mol. The van der Waals surface area contributed by atoms with Crippen LogP contribution in [0.15, 0.2) is 18.2 Å². The van der Waals surface area contributed by atoms with Crippen LogP contribution in [0.1, 0.15) is 12.0 Å². The van der Waals surface area contributed by atoms with Gasteiger partial charge in [0.15, 0.2) is 0 Å². The standard InChI is InChI=1S/C10H11ClFNO2/c11-7-5-6(1-3-8(7)12)2-4-9(13)10(14)15/h1,3,5,9H,2,4,13H2,(H,14,15)/t9-/m0/s1. The summed E-state index contributed by atoms with van der Waals surface area (Å²) in [5.41, 5.74) is 6.10. The first-order valence-electron chi connectivity index (χ1n) is 4.43. The molecule has 1 aromatic carbocycles. The highest BCUT2D eigenvalue weighted by molar-refractivity contribution is 6.30. The molecule has 1 atom stereocenters. The van der Waals surface area contributed by atoms with Crippen LogP contribution in [0.5, 0.6) is 0 Å². The van der Waals surface area contributed by atoms with Gasteiger partial charge in [-0.2, -0.15) is 0 Å². The van der Waals surface area contributed by atoms with Crippen molar-refractivity contribution < 1.29 is 14.3 Å². The summed E-state index contributed by atoms with van der Waals surface area (Å²) in [6.07, 6.45) is 0.769. The molecular formula is C10H11ClFNO2. The van der Waals surface area contributed by atoms with Crippen LogP contribution in [0.3, 0.4) is 0 Å². The van der Waals surface area contributed by atoms with E-state index in [-0.39, 0.29) is 5.02 Å². The predicted octanol–water partition coefficient (Wildman–Crippen LogP) is 1.82. The number of carboxylic acids is 1. The number of aryl methyl sites for hydroxylation is 1. The largest absolute Gasteiger partial charge is 0.480 e. The van der Waals surface area contributed by atoms with Crippen LogP contribution in [0.4, 0.5) is 4.39 Å². The molecule has 0 aromatic heterocycles. The van der Waals surface area contributed by atoms with Gasteiger partial charge >= 0.3 is 5.97 Å². The van der Waals surface area contributed by atoms with Crippen LogP contribution in [-0.4, -0.2) is 17.1 Å². The minimum Gasteiger partial charge on any atom is -0.480 e. The molecule has 0 unspecified atom stereocenters. The molecule has 3 N–H and O–H groups in total. The molecule has 0 spiro atoms. The zero-order valence-electron chi connectivity index (χ0n) is 7.91. The molecule has 0 aliphatic rings. The number of hydrogen-bond donors (Lipinski definition) is 2. The number of hydrogen-bond acceptors (Lipinski definition) is 2. The Hall–Kier alpha value is -1.13. The Morgan fingerprint density at radius 3 is 2.80 bits per heavy atom. The quantitative estimate of drug-likeness (QED) is 0.831. The first-order chi connectivity index (χ1) is 7.00. The van der Waals surface area contributed by atoms with Crippen LogP contribution < -0.4 is 5.73 Å². The zero-order chi connectivity index (χ0) is 11.4. The lowest BCUT2D eigenvalue weighted by molar-refractivity contribution is -0.138. The van der Waals surface area contributed by atoms with E-state index < -0.39 is 17.8 Å². The van der Waals surface area contributed by atoms with Gasteiger partial charge in [0, 0.05) is 0 Å². The third-order valence-corrected chi connectivity index (χ3v) is 2.33. The van der Waals surface area contributed by atoms with Crippen molar-refractivity contribution in [2.75, 3.05) is 0 Å². The van der Waals surface area contributed by atoms with E-state index in [4.69, 9.17) is 22.4 Å². The van der Waals surface area contributed by atoms with Crippen LogP contribution in [0.2, 0.25) is 5.02 Å². The zero-order valence-corrected chi connectivity index (χ0v) is 8.67. The van der Waals surface area contributed by atoms with Crippen molar-refractivity contribution >= 4 is 17.6 Å². The van der Waals surface area contributed by atoms with Crippen molar-refractivity contribution in [1.29, 1.82) is 0 Å². The molecule has 1 rings (SSSR count). The van der Waals surface area contributed by atoms with Crippen molar-refractivity contribution in [3.05, 3.63) is 34.6 Å². The van der Waals surface area contributed by atoms with E-state index in [0.717, 1.165) is 5.56 Å². The summed E-state index contributed by atoms with van der Waals surface area (Å²) in [4.78, 5) is 10.4. The summed E-state index contributed by atoms with van der Waals surface area (Å²) >= 11 is 5.57. The fourth-order valence-corrected chi connectivity index (χ4v) is 1.34. The van der Waals surface area contributed by atoms with Crippen molar-refractivity contribution in [3.63, 3.8) is 0 Å². The number of carboxylic acid groups (broad SMARTS) is 1. The maximum atomic E-state index is 12.8. The fourth-order valence-electron chi connectivity index (χ4n) is 1.14. The molecule has 1 aromatic rings. The van der Waals surface area contributed by atoms with Gasteiger partial charge in [0.1, 0.15) is 11.9 Å². The highest BCUT2D eigenvalue weighted by Crippen LogP contribution is 2.17. The summed E-state index contributed by atoms with van der Waals surface area (Å²) in [6.45, 7) is 0. The number of rotatable bonds is 4. The highest BCUT2D eigenvalue weighted by Gasteiger charge is 2.11. The van der Waals surface area contributed by atoms with Gasteiger partial charge in [-0.05, 0) is 30.5 Å². The number of benzene rings is 1. The molecule has 0 radical (unpaired) electrons. The Morgan fingerprint density at radius 2 is 2.27 bits per heavy atom. The van der Waals surface area contributed by atoms with E-state index in [2.05, 4.69) is 0 Å². The van der Waals surface area contributed by atoms with Crippen molar-refractivity contribution in [2.24, 2.45) is 5.73 Å². The Kier molecular flexibility index (Phi) is 4.05. The van der Waals surface area contributed by atoms with Gasteiger partial charge in [-0.25, -0.2) is 4.39 Å². The number of nitrogens with two attached hydrogens (primary N) is 1. The minimum atomic E-state index is -1.04. The van der Waals surface area contributed by atoms with E-state index in [1.54, 1.807) is 6.07 Å². The van der Waals surface area contributed by atoms with Crippen molar-refractivity contribution in [2.45, 2.75) is 18.9 Å². The molecule has 5 heteroatoms. The summed E-state index contributed by atoms with van der Waals surface area (Å²) in [7, 11) is 0. The maximum Gasteiger partial charge on any atom is 0.320 e. The van der Waals surface area contributed by atoms with Gasteiger partial charge in [-0.3, -0.25) is 4.79 Å². The van der Waals surface area contributed by atoms with Crippen molar-refractivity contribution in [3.8, 4) is 0 Å². The Balaban J connectivity index is 2.58.